The molecule has 1 aliphatic heterocycles. The minimum Gasteiger partial charge on any atom is -0.463 e. The topological polar surface area (TPSA) is 88.7 Å². The molecule has 3 aromatic rings. The molecule has 0 atom stereocenters. The van der Waals surface area contributed by atoms with Crippen LogP contribution in [-0.2, 0) is 23.1 Å². The lowest BCUT2D eigenvalue weighted by Gasteiger charge is -2.26. The number of aromatic nitrogens is 1. The van der Waals surface area contributed by atoms with Crippen molar-refractivity contribution in [2.75, 3.05) is 38.2 Å². The number of carbonyl (C=O) groups is 2. The first-order chi connectivity index (χ1) is 14.1. The van der Waals surface area contributed by atoms with E-state index in [2.05, 4.69) is 15.5 Å². The summed E-state index contributed by atoms with van der Waals surface area (Å²) in [5, 5.41) is 5.50. The zero-order valence-corrected chi connectivity index (χ0v) is 16.3. The number of furan rings is 1. The number of anilines is 1. The van der Waals surface area contributed by atoms with E-state index in [0.717, 1.165) is 43.9 Å². The lowest BCUT2D eigenvalue weighted by atomic mass is 10.2. The van der Waals surface area contributed by atoms with Crippen LogP contribution in [0.4, 0.5) is 5.69 Å². The van der Waals surface area contributed by atoms with Crippen molar-refractivity contribution in [2.45, 2.75) is 6.54 Å². The smallest absolute Gasteiger partial charge is 0.268 e. The van der Waals surface area contributed by atoms with Crippen molar-refractivity contribution in [3.8, 4) is 0 Å². The molecule has 1 saturated heterocycles. The fourth-order valence-electron chi connectivity index (χ4n) is 3.49. The summed E-state index contributed by atoms with van der Waals surface area (Å²) in [5.74, 6) is -0.602. The number of nitrogens with one attached hydrogen (secondary N) is 2. The highest BCUT2D eigenvalue weighted by Crippen LogP contribution is 2.19. The van der Waals surface area contributed by atoms with Crippen LogP contribution in [0.2, 0.25) is 0 Å². The number of ether oxygens (including phenoxy) is 1. The van der Waals surface area contributed by atoms with Gasteiger partial charge in [-0.15, -0.1) is 0 Å². The molecule has 1 aromatic carbocycles. The van der Waals surface area contributed by atoms with Gasteiger partial charge >= 0.3 is 0 Å². The fraction of sp³-hybridized carbons (Fsp3) is 0.333. The molecule has 0 saturated carbocycles. The molecule has 2 N–H and O–H groups in total. The Bertz CT molecular complexity index is 1020. The standard InChI is InChI=1S/C21H24N4O4/c1-24-17-5-8-29-19(17)12-18(24)21(27)22-13-20(26)23-16-4-2-3-15(11-16)14-25-6-9-28-10-7-25/h2-5,8,11-12H,6-7,9-10,13-14H2,1H3,(H,22,27)(H,23,26). The highest BCUT2D eigenvalue weighted by atomic mass is 16.5. The molecule has 0 bridgehead atoms. The third-order valence-corrected chi connectivity index (χ3v) is 5.03. The van der Waals surface area contributed by atoms with Crippen LogP contribution in [0.5, 0.6) is 0 Å². The summed E-state index contributed by atoms with van der Waals surface area (Å²) in [5.41, 5.74) is 3.75. The third kappa shape index (κ3) is 4.49. The zero-order valence-electron chi connectivity index (χ0n) is 16.3. The molecule has 0 unspecified atom stereocenters. The number of fused-ring (bicyclic) bond motifs is 1. The van der Waals surface area contributed by atoms with Gasteiger partial charge in [-0.25, -0.2) is 0 Å². The molecule has 0 spiro atoms. The van der Waals surface area contributed by atoms with Crippen LogP contribution in [0, 0.1) is 0 Å². The summed E-state index contributed by atoms with van der Waals surface area (Å²) in [7, 11) is 1.78. The summed E-state index contributed by atoms with van der Waals surface area (Å²) in [4.78, 5) is 27.0. The van der Waals surface area contributed by atoms with E-state index in [-0.39, 0.29) is 18.4 Å². The van der Waals surface area contributed by atoms with E-state index in [1.54, 1.807) is 30.0 Å². The van der Waals surface area contributed by atoms with Crippen molar-refractivity contribution in [3.05, 3.63) is 53.9 Å². The molecule has 8 nitrogen and oxygen atoms in total. The number of nitrogens with zero attached hydrogens (tertiary/aromatic N) is 2. The number of aryl methyl sites for hydroxylation is 1. The maximum absolute atomic E-state index is 12.4. The van der Waals surface area contributed by atoms with Crippen LogP contribution in [0.25, 0.3) is 11.1 Å². The Labute approximate surface area is 168 Å². The van der Waals surface area contributed by atoms with Gasteiger partial charge < -0.3 is 24.4 Å². The Balaban J connectivity index is 1.31. The van der Waals surface area contributed by atoms with E-state index in [9.17, 15) is 9.59 Å². The zero-order chi connectivity index (χ0) is 20.2. The van der Waals surface area contributed by atoms with Gasteiger partial charge in [-0.3, -0.25) is 14.5 Å². The van der Waals surface area contributed by atoms with Gasteiger partial charge in [0.2, 0.25) is 5.91 Å². The largest absolute Gasteiger partial charge is 0.463 e. The molecule has 0 aliphatic carbocycles. The molecule has 1 aliphatic rings. The fourth-order valence-corrected chi connectivity index (χ4v) is 3.49. The first kappa shape index (κ1) is 19.2. The number of morpholine rings is 1. The number of hydrogen-bond donors (Lipinski definition) is 2. The molecule has 2 amide bonds. The minimum absolute atomic E-state index is 0.112. The van der Waals surface area contributed by atoms with E-state index in [1.807, 2.05) is 24.3 Å². The Morgan fingerprint density at radius 2 is 1.97 bits per heavy atom. The van der Waals surface area contributed by atoms with Gasteiger partial charge in [0.15, 0.2) is 5.58 Å². The van der Waals surface area contributed by atoms with E-state index in [0.29, 0.717) is 17.0 Å². The Morgan fingerprint density at radius 1 is 1.14 bits per heavy atom. The van der Waals surface area contributed by atoms with Crippen molar-refractivity contribution in [1.29, 1.82) is 0 Å². The molecule has 8 heteroatoms. The monoisotopic (exact) mass is 396 g/mol. The van der Waals surface area contributed by atoms with Crippen LogP contribution in [0.1, 0.15) is 16.1 Å². The second kappa shape index (κ2) is 8.50. The van der Waals surface area contributed by atoms with Gasteiger partial charge in [0, 0.05) is 44.5 Å². The molecule has 29 heavy (non-hydrogen) atoms. The van der Waals surface area contributed by atoms with E-state index in [4.69, 9.17) is 9.15 Å². The van der Waals surface area contributed by atoms with Crippen LogP contribution in [-0.4, -0.2) is 54.1 Å². The van der Waals surface area contributed by atoms with E-state index >= 15 is 0 Å². The second-order valence-electron chi connectivity index (χ2n) is 7.08. The summed E-state index contributed by atoms with van der Waals surface area (Å²) in [6.45, 7) is 4.03. The number of amides is 2. The number of carbonyl (C=O) groups excluding carboxylic acids is 2. The highest BCUT2D eigenvalue weighted by molar-refractivity contribution is 6.00. The summed E-state index contributed by atoms with van der Waals surface area (Å²) < 4.78 is 12.4. The first-order valence-electron chi connectivity index (χ1n) is 9.60. The van der Waals surface area contributed by atoms with Gasteiger partial charge in [0.05, 0.1) is 31.5 Å². The SMILES string of the molecule is Cn1c(C(=O)NCC(=O)Nc2cccc(CN3CCOCC3)c2)cc2occc21. The molecule has 3 heterocycles. The lowest BCUT2D eigenvalue weighted by Crippen LogP contribution is -2.35. The molecular weight excluding hydrogens is 372 g/mol. The van der Waals surface area contributed by atoms with Crippen molar-refractivity contribution in [2.24, 2.45) is 7.05 Å². The first-order valence-corrected chi connectivity index (χ1v) is 9.60. The maximum atomic E-state index is 12.4. The molecular formula is C21H24N4O4. The average Bonchev–Trinajstić information content (AvgIpc) is 3.30. The molecule has 1 fully saturated rings. The van der Waals surface area contributed by atoms with Crippen molar-refractivity contribution < 1.29 is 18.7 Å². The summed E-state index contributed by atoms with van der Waals surface area (Å²) in [6, 6.07) is 11.2. The highest BCUT2D eigenvalue weighted by Gasteiger charge is 2.16. The van der Waals surface area contributed by atoms with Crippen molar-refractivity contribution in [3.63, 3.8) is 0 Å². The lowest BCUT2D eigenvalue weighted by molar-refractivity contribution is -0.115. The molecule has 2 aromatic heterocycles. The molecule has 152 valence electrons. The van der Waals surface area contributed by atoms with Crippen LogP contribution in [0.3, 0.4) is 0 Å². The van der Waals surface area contributed by atoms with Crippen LogP contribution < -0.4 is 10.6 Å². The van der Waals surface area contributed by atoms with Crippen LogP contribution in [0.15, 0.2) is 47.1 Å². The van der Waals surface area contributed by atoms with Gasteiger partial charge in [0.1, 0.15) is 5.69 Å². The summed E-state index contributed by atoms with van der Waals surface area (Å²) in [6.07, 6.45) is 1.58. The predicted molar refractivity (Wildman–Crippen MR) is 109 cm³/mol. The normalized spacial score (nSPS) is 14.8. The van der Waals surface area contributed by atoms with Crippen molar-refractivity contribution in [1.82, 2.24) is 14.8 Å². The van der Waals surface area contributed by atoms with E-state index in [1.165, 1.54) is 0 Å². The number of rotatable bonds is 6. The Kier molecular flexibility index (Phi) is 5.64. The van der Waals surface area contributed by atoms with Gasteiger partial charge in [-0.05, 0) is 17.7 Å². The second-order valence-corrected chi connectivity index (χ2v) is 7.08. The summed E-state index contributed by atoms with van der Waals surface area (Å²) >= 11 is 0. The maximum Gasteiger partial charge on any atom is 0.268 e. The number of benzene rings is 1. The Morgan fingerprint density at radius 3 is 2.76 bits per heavy atom. The Hall–Kier alpha value is -3.10. The predicted octanol–water partition coefficient (Wildman–Crippen LogP) is 1.97. The van der Waals surface area contributed by atoms with Crippen LogP contribution >= 0.6 is 0 Å². The number of hydrogen-bond acceptors (Lipinski definition) is 5. The van der Waals surface area contributed by atoms with Gasteiger partial charge in [-0.2, -0.15) is 0 Å². The average molecular weight is 396 g/mol. The third-order valence-electron chi connectivity index (χ3n) is 5.03. The molecule has 4 rings (SSSR count). The van der Waals surface area contributed by atoms with Gasteiger partial charge in [0.25, 0.3) is 5.91 Å². The van der Waals surface area contributed by atoms with Crippen molar-refractivity contribution >= 4 is 28.6 Å². The van der Waals surface area contributed by atoms with E-state index < -0.39 is 0 Å². The molecule has 0 radical (unpaired) electrons. The quantitative estimate of drug-likeness (QED) is 0.665. The minimum atomic E-state index is -0.324. The van der Waals surface area contributed by atoms with Gasteiger partial charge in [-0.1, -0.05) is 12.1 Å².